The molecular formula is C16H20N2O3S2. The highest BCUT2D eigenvalue weighted by Gasteiger charge is 2.39. The van der Waals surface area contributed by atoms with Crippen molar-refractivity contribution in [2.75, 3.05) is 13.4 Å². The molecule has 1 atom stereocenters. The smallest absolute Gasteiger partial charge is 0.234 e. The lowest BCUT2D eigenvalue weighted by atomic mass is 9.86. The molecule has 2 aliphatic rings. The van der Waals surface area contributed by atoms with Crippen LogP contribution in [0, 0.1) is 0 Å². The van der Waals surface area contributed by atoms with Crippen molar-refractivity contribution in [2.45, 2.75) is 31.7 Å². The van der Waals surface area contributed by atoms with Crippen LogP contribution < -0.4 is 10.1 Å². The van der Waals surface area contributed by atoms with Gasteiger partial charge in [0.1, 0.15) is 5.75 Å². The molecule has 0 spiro atoms. The van der Waals surface area contributed by atoms with Crippen LogP contribution in [-0.4, -0.2) is 31.2 Å². The summed E-state index contributed by atoms with van der Waals surface area (Å²) in [6.07, 6.45) is 5.17. The molecule has 0 radical (unpaired) electrons. The van der Waals surface area contributed by atoms with Crippen molar-refractivity contribution >= 4 is 27.4 Å². The second-order valence-electron chi connectivity index (χ2n) is 5.88. The van der Waals surface area contributed by atoms with E-state index in [0.29, 0.717) is 0 Å². The SMILES string of the molecule is COc1ccc(C2C3=C(CCCC3)NC(=S)N2S(C)(=O)=O)cc1. The van der Waals surface area contributed by atoms with Crippen molar-refractivity contribution in [3.8, 4) is 5.75 Å². The van der Waals surface area contributed by atoms with Crippen LogP contribution in [0.25, 0.3) is 0 Å². The average molecular weight is 352 g/mol. The predicted molar refractivity (Wildman–Crippen MR) is 93.6 cm³/mol. The highest BCUT2D eigenvalue weighted by Crippen LogP contribution is 2.41. The van der Waals surface area contributed by atoms with Crippen LogP contribution in [0.1, 0.15) is 37.3 Å². The maximum atomic E-state index is 12.3. The van der Waals surface area contributed by atoms with Crippen LogP contribution in [0.15, 0.2) is 35.5 Å². The van der Waals surface area contributed by atoms with E-state index in [-0.39, 0.29) is 11.2 Å². The minimum atomic E-state index is -3.47. The molecular weight excluding hydrogens is 332 g/mol. The topological polar surface area (TPSA) is 58.6 Å². The Bertz CT molecular complexity index is 754. The van der Waals surface area contributed by atoms with Crippen molar-refractivity contribution in [1.82, 2.24) is 9.62 Å². The quantitative estimate of drug-likeness (QED) is 0.848. The van der Waals surface area contributed by atoms with Crippen molar-refractivity contribution in [1.29, 1.82) is 0 Å². The number of thiocarbonyl (C=S) groups is 1. The number of allylic oxidation sites excluding steroid dienone is 1. The zero-order valence-corrected chi connectivity index (χ0v) is 14.8. The van der Waals surface area contributed by atoms with Crippen LogP contribution in [0.5, 0.6) is 5.75 Å². The first-order valence-electron chi connectivity index (χ1n) is 7.58. The summed E-state index contributed by atoms with van der Waals surface area (Å²) in [6.45, 7) is 0. The number of hydrogen-bond acceptors (Lipinski definition) is 4. The first-order chi connectivity index (χ1) is 10.9. The molecule has 1 unspecified atom stereocenters. The van der Waals surface area contributed by atoms with Crippen LogP contribution in [-0.2, 0) is 10.0 Å². The third kappa shape index (κ3) is 3.07. The van der Waals surface area contributed by atoms with Gasteiger partial charge < -0.3 is 10.1 Å². The molecule has 3 rings (SSSR count). The Hall–Kier alpha value is -1.60. The van der Waals surface area contributed by atoms with E-state index in [1.165, 1.54) is 10.6 Å². The molecule has 1 aromatic carbocycles. The number of sulfonamides is 1. The van der Waals surface area contributed by atoms with Gasteiger partial charge in [-0.15, -0.1) is 0 Å². The fraction of sp³-hybridized carbons (Fsp3) is 0.438. The van der Waals surface area contributed by atoms with Crippen molar-refractivity contribution < 1.29 is 13.2 Å². The lowest BCUT2D eigenvalue weighted by Gasteiger charge is -2.41. The molecule has 0 saturated heterocycles. The minimum absolute atomic E-state index is 0.258. The standard InChI is InChI=1S/C16H20N2O3S2/c1-21-12-9-7-11(8-10-12)15-13-5-3-4-6-14(13)17-16(22)18(15)23(2,19)20/h7-10,15H,3-6H2,1-2H3,(H,17,22). The van der Waals surface area contributed by atoms with Crippen molar-refractivity contribution in [3.63, 3.8) is 0 Å². The van der Waals surface area contributed by atoms with Gasteiger partial charge in [0.05, 0.1) is 19.4 Å². The molecule has 0 saturated carbocycles. The van der Waals surface area contributed by atoms with E-state index in [9.17, 15) is 8.42 Å². The van der Waals surface area contributed by atoms with Gasteiger partial charge >= 0.3 is 0 Å². The summed E-state index contributed by atoms with van der Waals surface area (Å²) in [4.78, 5) is 0. The summed E-state index contributed by atoms with van der Waals surface area (Å²) in [7, 11) is -1.86. The zero-order chi connectivity index (χ0) is 16.6. The molecule has 124 valence electrons. The Morgan fingerprint density at radius 1 is 1.22 bits per heavy atom. The molecule has 7 heteroatoms. The van der Waals surface area contributed by atoms with E-state index in [4.69, 9.17) is 17.0 Å². The van der Waals surface area contributed by atoms with Crippen molar-refractivity contribution in [2.24, 2.45) is 0 Å². The molecule has 1 aromatic rings. The third-order valence-corrected chi connectivity index (χ3v) is 5.84. The molecule has 1 aliphatic heterocycles. The molecule has 0 fully saturated rings. The molecule has 1 heterocycles. The first kappa shape index (κ1) is 16.3. The number of nitrogens with zero attached hydrogens (tertiary/aromatic N) is 1. The van der Waals surface area contributed by atoms with E-state index < -0.39 is 10.0 Å². The maximum Gasteiger partial charge on any atom is 0.234 e. The summed E-state index contributed by atoms with van der Waals surface area (Å²) in [5.74, 6) is 0.744. The van der Waals surface area contributed by atoms with Gasteiger partial charge in [0.2, 0.25) is 10.0 Å². The molecule has 5 nitrogen and oxygen atoms in total. The monoisotopic (exact) mass is 352 g/mol. The Kier molecular flexibility index (Phi) is 4.33. The van der Waals surface area contributed by atoms with E-state index >= 15 is 0 Å². The van der Waals surface area contributed by atoms with Crippen LogP contribution in [0.2, 0.25) is 0 Å². The second-order valence-corrected chi connectivity index (χ2v) is 8.12. The third-order valence-electron chi connectivity index (χ3n) is 4.32. The van der Waals surface area contributed by atoms with Crippen LogP contribution >= 0.6 is 12.2 Å². The van der Waals surface area contributed by atoms with Gasteiger partial charge in [0, 0.05) is 5.70 Å². The lowest BCUT2D eigenvalue weighted by molar-refractivity contribution is 0.412. The Morgan fingerprint density at radius 3 is 2.48 bits per heavy atom. The van der Waals surface area contributed by atoms with Crippen LogP contribution in [0.4, 0.5) is 0 Å². The number of hydrogen-bond donors (Lipinski definition) is 1. The van der Waals surface area contributed by atoms with Gasteiger partial charge in [-0.2, -0.15) is 0 Å². The number of nitrogens with one attached hydrogen (secondary N) is 1. The molecule has 0 amide bonds. The summed E-state index contributed by atoms with van der Waals surface area (Å²) in [5, 5.41) is 3.39. The lowest BCUT2D eigenvalue weighted by Crippen LogP contribution is -2.50. The largest absolute Gasteiger partial charge is 0.497 e. The maximum absolute atomic E-state index is 12.3. The van der Waals surface area contributed by atoms with Gasteiger partial charge in [0.25, 0.3) is 0 Å². The van der Waals surface area contributed by atoms with Crippen LogP contribution in [0.3, 0.4) is 0 Å². The average Bonchev–Trinajstić information content (AvgIpc) is 2.52. The highest BCUT2D eigenvalue weighted by atomic mass is 32.2. The number of benzene rings is 1. The molecule has 1 aliphatic carbocycles. The number of ether oxygens (including phenoxy) is 1. The van der Waals surface area contributed by atoms with E-state index in [1.807, 2.05) is 24.3 Å². The van der Waals surface area contributed by atoms with Gasteiger partial charge in [-0.3, -0.25) is 0 Å². The minimum Gasteiger partial charge on any atom is -0.497 e. The molecule has 0 bridgehead atoms. The van der Waals surface area contributed by atoms with Gasteiger partial charge in [-0.25, -0.2) is 12.7 Å². The predicted octanol–water partition coefficient (Wildman–Crippen LogP) is 2.71. The molecule has 23 heavy (non-hydrogen) atoms. The fourth-order valence-corrected chi connectivity index (χ4v) is 4.89. The van der Waals surface area contributed by atoms with E-state index in [1.54, 1.807) is 7.11 Å². The van der Waals surface area contributed by atoms with Gasteiger partial charge in [-0.1, -0.05) is 12.1 Å². The summed E-state index contributed by atoms with van der Waals surface area (Å²) in [5.41, 5.74) is 3.12. The Labute approximate surface area is 142 Å². The zero-order valence-electron chi connectivity index (χ0n) is 13.2. The Balaban J connectivity index is 2.13. The fourth-order valence-electron chi connectivity index (χ4n) is 3.28. The molecule has 0 aromatic heterocycles. The van der Waals surface area contributed by atoms with Crippen molar-refractivity contribution in [3.05, 3.63) is 41.1 Å². The van der Waals surface area contributed by atoms with E-state index in [0.717, 1.165) is 48.3 Å². The van der Waals surface area contributed by atoms with E-state index in [2.05, 4.69) is 5.32 Å². The first-order valence-corrected chi connectivity index (χ1v) is 9.83. The van der Waals surface area contributed by atoms with Gasteiger partial charge in [0.15, 0.2) is 5.11 Å². The number of methoxy groups -OCH3 is 1. The molecule has 1 N–H and O–H groups in total. The summed E-state index contributed by atoms with van der Waals surface area (Å²) < 4.78 is 31.2. The number of rotatable bonds is 3. The second kappa shape index (κ2) is 6.13. The summed E-state index contributed by atoms with van der Waals surface area (Å²) in [6, 6.07) is 7.16. The normalized spacial score (nSPS) is 21.7. The van der Waals surface area contributed by atoms with Gasteiger partial charge in [-0.05, 0) is 61.2 Å². The Morgan fingerprint density at radius 2 is 1.87 bits per heavy atom. The summed E-state index contributed by atoms with van der Waals surface area (Å²) >= 11 is 5.35. The highest BCUT2D eigenvalue weighted by molar-refractivity contribution is 7.90.